The van der Waals surface area contributed by atoms with Crippen molar-refractivity contribution in [1.82, 2.24) is 29.6 Å². The Hall–Kier alpha value is -2.95. The van der Waals surface area contributed by atoms with E-state index in [9.17, 15) is 4.79 Å². The van der Waals surface area contributed by atoms with Crippen LogP contribution in [0.5, 0.6) is 6.01 Å². The first kappa shape index (κ1) is 19.0. The monoisotopic (exact) mass is 428 g/mol. The van der Waals surface area contributed by atoms with Gasteiger partial charge in [0.05, 0.1) is 12.5 Å². The highest BCUT2D eigenvalue weighted by Crippen LogP contribution is 2.46. The van der Waals surface area contributed by atoms with Gasteiger partial charge in [0, 0.05) is 36.9 Å². The topological polar surface area (TPSA) is 121 Å². The fourth-order valence-corrected chi connectivity index (χ4v) is 5.53. The van der Waals surface area contributed by atoms with Crippen LogP contribution in [0.1, 0.15) is 25.7 Å². The molecule has 10 nitrogen and oxygen atoms in total. The van der Waals surface area contributed by atoms with Gasteiger partial charge in [-0.15, -0.1) is 4.37 Å². The first-order chi connectivity index (χ1) is 14.6. The summed E-state index contributed by atoms with van der Waals surface area (Å²) in [4.78, 5) is 30.6. The van der Waals surface area contributed by atoms with Crippen molar-refractivity contribution in [2.24, 2.45) is 11.8 Å². The number of H-pyrrole nitrogens is 1. The summed E-state index contributed by atoms with van der Waals surface area (Å²) < 4.78 is 8.92. The molecule has 0 spiro atoms. The van der Waals surface area contributed by atoms with E-state index in [1.54, 1.807) is 6.33 Å². The van der Waals surface area contributed by atoms with Gasteiger partial charge >= 0.3 is 12.0 Å². The lowest BCUT2D eigenvalue weighted by Crippen LogP contribution is -2.37. The zero-order valence-corrected chi connectivity index (χ0v) is 17.6. The third-order valence-electron chi connectivity index (χ3n) is 6.35. The van der Waals surface area contributed by atoms with Crippen LogP contribution in [0, 0.1) is 11.8 Å². The lowest BCUT2D eigenvalue weighted by Gasteiger charge is -2.27. The molecule has 158 valence electrons. The second-order valence-corrected chi connectivity index (χ2v) is 8.80. The first-order valence-corrected chi connectivity index (χ1v) is 10.8. The minimum absolute atomic E-state index is 0.191. The minimum atomic E-state index is -0.233. The summed E-state index contributed by atoms with van der Waals surface area (Å²) in [5.74, 6) is 2.22. The fourth-order valence-electron chi connectivity index (χ4n) is 4.99. The number of hydrogen-bond acceptors (Lipinski definition) is 8. The zero-order chi connectivity index (χ0) is 20.7. The molecule has 3 N–H and O–H groups in total. The number of ether oxygens (including phenoxy) is 1. The SMILES string of the molecule is COc1nsc(NC(=O)NC2CC3CC(N(C)c4ncnc5[nH]ccc45)CC3C2)n1. The quantitative estimate of drug-likeness (QED) is 0.571. The summed E-state index contributed by atoms with van der Waals surface area (Å²) in [6.07, 6.45) is 7.76. The van der Waals surface area contributed by atoms with E-state index in [-0.39, 0.29) is 18.1 Å². The molecule has 2 unspecified atom stereocenters. The molecule has 2 aliphatic carbocycles. The number of anilines is 2. The number of carbonyl (C=O) groups is 1. The average Bonchev–Trinajstić information content (AvgIpc) is 3.50. The molecule has 2 saturated carbocycles. The second-order valence-electron chi connectivity index (χ2n) is 8.05. The van der Waals surface area contributed by atoms with E-state index < -0.39 is 0 Å². The van der Waals surface area contributed by atoms with E-state index in [0.29, 0.717) is 23.0 Å². The van der Waals surface area contributed by atoms with Crippen molar-refractivity contribution in [2.75, 3.05) is 24.4 Å². The Morgan fingerprint density at radius 3 is 2.80 bits per heavy atom. The van der Waals surface area contributed by atoms with Crippen LogP contribution < -0.4 is 20.3 Å². The molecule has 5 rings (SSSR count). The molecule has 0 aromatic carbocycles. The summed E-state index contributed by atoms with van der Waals surface area (Å²) in [6.45, 7) is 0. The van der Waals surface area contributed by atoms with E-state index in [1.807, 2.05) is 12.3 Å². The lowest BCUT2D eigenvalue weighted by atomic mass is 10.0. The van der Waals surface area contributed by atoms with Gasteiger partial charge in [0.2, 0.25) is 5.13 Å². The molecule has 2 aliphatic rings. The van der Waals surface area contributed by atoms with Gasteiger partial charge in [-0.1, -0.05) is 0 Å². The van der Waals surface area contributed by atoms with Crippen molar-refractivity contribution in [1.29, 1.82) is 0 Å². The highest BCUT2D eigenvalue weighted by atomic mass is 32.1. The molecular weight excluding hydrogens is 404 g/mol. The molecule has 0 saturated heterocycles. The maximum absolute atomic E-state index is 12.3. The maximum atomic E-state index is 12.3. The summed E-state index contributed by atoms with van der Waals surface area (Å²) in [7, 11) is 3.62. The van der Waals surface area contributed by atoms with Gasteiger partial charge in [0.1, 0.15) is 17.8 Å². The summed E-state index contributed by atoms with van der Waals surface area (Å²) in [5.41, 5.74) is 0.869. The van der Waals surface area contributed by atoms with Crippen molar-refractivity contribution in [3.8, 4) is 6.01 Å². The predicted molar refractivity (Wildman–Crippen MR) is 114 cm³/mol. The zero-order valence-electron chi connectivity index (χ0n) is 16.8. The summed E-state index contributed by atoms with van der Waals surface area (Å²) in [6, 6.07) is 2.71. The van der Waals surface area contributed by atoms with Crippen LogP contribution >= 0.6 is 11.5 Å². The molecule has 2 atom stereocenters. The van der Waals surface area contributed by atoms with Crippen molar-refractivity contribution < 1.29 is 9.53 Å². The number of rotatable bonds is 5. The van der Waals surface area contributed by atoms with Crippen molar-refractivity contribution in [3.63, 3.8) is 0 Å². The van der Waals surface area contributed by atoms with Crippen LogP contribution in [0.25, 0.3) is 11.0 Å². The number of hydrogen-bond donors (Lipinski definition) is 3. The van der Waals surface area contributed by atoms with Gasteiger partial charge in [0.25, 0.3) is 0 Å². The van der Waals surface area contributed by atoms with Gasteiger partial charge in [-0.05, 0) is 43.6 Å². The third kappa shape index (κ3) is 3.53. The second kappa shape index (κ2) is 7.71. The van der Waals surface area contributed by atoms with Crippen molar-refractivity contribution >= 4 is 39.5 Å². The number of carbonyl (C=O) groups excluding carboxylic acids is 1. The lowest BCUT2D eigenvalue weighted by molar-refractivity contribution is 0.248. The van der Waals surface area contributed by atoms with E-state index in [4.69, 9.17) is 4.74 Å². The molecule has 3 aromatic rings. The van der Waals surface area contributed by atoms with Crippen molar-refractivity contribution in [3.05, 3.63) is 18.6 Å². The number of amides is 2. The average molecular weight is 429 g/mol. The van der Waals surface area contributed by atoms with Gasteiger partial charge in [0.15, 0.2) is 0 Å². The van der Waals surface area contributed by atoms with E-state index in [2.05, 4.69) is 46.9 Å². The summed E-state index contributed by atoms with van der Waals surface area (Å²) in [5, 5.41) is 7.32. The summed E-state index contributed by atoms with van der Waals surface area (Å²) >= 11 is 1.10. The Labute approximate surface area is 177 Å². The Morgan fingerprint density at radius 1 is 1.27 bits per heavy atom. The smallest absolute Gasteiger partial charge is 0.329 e. The predicted octanol–water partition coefficient (Wildman–Crippen LogP) is 2.63. The molecule has 3 aromatic heterocycles. The molecule has 30 heavy (non-hydrogen) atoms. The fraction of sp³-hybridized carbons (Fsp3) is 0.526. The molecular formula is C19H24N8O2S. The maximum Gasteiger partial charge on any atom is 0.329 e. The number of nitrogens with zero attached hydrogens (tertiary/aromatic N) is 5. The van der Waals surface area contributed by atoms with Crippen LogP contribution in [-0.4, -0.2) is 56.6 Å². The normalized spacial score (nSPS) is 25.3. The largest absolute Gasteiger partial charge is 0.466 e. The molecule has 2 amide bonds. The van der Waals surface area contributed by atoms with E-state index in [1.165, 1.54) is 7.11 Å². The van der Waals surface area contributed by atoms with Crippen LogP contribution in [0.4, 0.5) is 15.7 Å². The van der Waals surface area contributed by atoms with Gasteiger partial charge < -0.3 is 19.9 Å². The van der Waals surface area contributed by atoms with Crippen LogP contribution in [0.3, 0.4) is 0 Å². The Bertz CT molecular complexity index is 1040. The van der Waals surface area contributed by atoms with Gasteiger partial charge in [-0.25, -0.2) is 14.8 Å². The number of methoxy groups -OCH3 is 1. The highest BCUT2D eigenvalue weighted by Gasteiger charge is 2.43. The molecule has 2 fully saturated rings. The number of aromatic amines is 1. The van der Waals surface area contributed by atoms with Gasteiger partial charge in [-0.2, -0.15) is 4.98 Å². The molecule has 3 heterocycles. The van der Waals surface area contributed by atoms with Crippen LogP contribution in [-0.2, 0) is 0 Å². The number of urea groups is 1. The van der Waals surface area contributed by atoms with E-state index >= 15 is 0 Å². The highest BCUT2D eigenvalue weighted by molar-refractivity contribution is 7.10. The molecule has 0 aliphatic heterocycles. The van der Waals surface area contributed by atoms with E-state index in [0.717, 1.165) is 54.1 Å². The third-order valence-corrected chi connectivity index (χ3v) is 6.96. The number of aromatic nitrogens is 5. The van der Waals surface area contributed by atoms with Crippen LogP contribution in [0.2, 0.25) is 0 Å². The van der Waals surface area contributed by atoms with Crippen LogP contribution in [0.15, 0.2) is 18.6 Å². The number of fused-ring (bicyclic) bond motifs is 2. The van der Waals surface area contributed by atoms with Gasteiger partial charge in [-0.3, -0.25) is 5.32 Å². The minimum Gasteiger partial charge on any atom is -0.466 e. The molecule has 0 bridgehead atoms. The Balaban J connectivity index is 1.16. The standard InChI is InChI=1S/C19H24N8O2S/c1-27(16-14-3-4-20-15(14)21-9-22-16)13-7-10-5-12(6-11(10)8-13)23-17(28)24-19-25-18(29-2)26-30-19/h3-4,9-13H,5-8H2,1-2H3,(H,20,21,22)(H2,23,24,25,26,28). The Kier molecular flexibility index (Phi) is 4.89. The molecule has 11 heteroatoms. The van der Waals surface area contributed by atoms with Crippen molar-refractivity contribution in [2.45, 2.75) is 37.8 Å². The number of nitrogens with one attached hydrogen (secondary N) is 3. The first-order valence-electron chi connectivity index (χ1n) is 10.1. The Morgan fingerprint density at radius 2 is 2.07 bits per heavy atom. The molecule has 0 radical (unpaired) electrons.